The Kier molecular flexibility index (Phi) is 4.88. The fourth-order valence-electron chi connectivity index (χ4n) is 2.30. The molecule has 0 fully saturated rings. The first-order valence-electron chi connectivity index (χ1n) is 7.48. The quantitative estimate of drug-likeness (QED) is 0.744. The summed E-state index contributed by atoms with van der Waals surface area (Å²) < 4.78 is 0. The van der Waals surface area contributed by atoms with Crippen molar-refractivity contribution in [3.05, 3.63) is 62.1 Å². The number of aryl methyl sites for hydroxylation is 2. The van der Waals surface area contributed by atoms with Crippen LogP contribution in [-0.2, 0) is 6.42 Å². The van der Waals surface area contributed by atoms with Crippen LogP contribution in [0.1, 0.15) is 25.1 Å². The van der Waals surface area contributed by atoms with Crippen molar-refractivity contribution in [3.8, 4) is 11.3 Å². The number of carbonyl (C=O) groups excluding carboxylic acids is 1. The number of hydrogen-bond acceptors (Lipinski definition) is 4. The Morgan fingerprint density at radius 2 is 1.91 bits per heavy atom. The molecule has 1 N–H and O–H groups in total. The van der Waals surface area contributed by atoms with Crippen LogP contribution in [0.5, 0.6) is 0 Å². The maximum absolute atomic E-state index is 12.0. The lowest BCUT2D eigenvalue weighted by atomic mass is 10.1. The van der Waals surface area contributed by atoms with E-state index in [1.165, 1.54) is 16.9 Å². The van der Waals surface area contributed by atoms with Crippen LogP contribution >= 0.6 is 22.7 Å². The molecule has 3 rings (SSSR count). The largest absolute Gasteiger partial charge is 0.351 e. The minimum absolute atomic E-state index is 0.0117. The van der Waals surface area contributed by atoms with Gasteiger partial charge in [-0.2, -0.15) is 0 Å². The second-order valence-electron chi connectivity index (χ2n) is 5.36. The van der Waals surface area contributed by atoms with Crippen LogP contribution in [0, 0.1) is 13.8 Å². The van der Waals surface area contributed by atoms with E-state index in [4.69, 9.17) is 0 Å². The smallest absolute Gasteiger partial charge is 0.261 e. The highest BCUT2D eigenvalue weighted by molar-refractivity contribution is 7.13. The molecule has 5 heteroatoms. The molecule has 0 atom stereocenters. The lowest BCUT2D eigenvalue weighted by molar-refractivity contribution is 0.0958. The highest BCUT2D eigenvalue weighted by Crippen LogP contribution is 2.22. The molecular weight excluding hydrogens is 324 g/mol. The Morgan fingerprint density at radius 3 is 2.52 bits per heavy atom. The number of thiazole rings is 1. The Hall–Kier alpha value is -1.98. The molecule has 1 amide bonds. The lowest BCUT2D eigenvalue weighted by Crippen LogP contribution is -2.24. The van der Waals surface area contributed by atoms with Gasteiger partial charge in [-0.3, -0.25) is 4.79 Å². The van der Waals surface area contributed by atoms with Crippen LogP contribution < -0.4 is 5.32 Å². The molecule has 2 aromatic heterocycles. The summed E-state index contributed by atoms with van der Waals surface area (Å²) in [6.45, 7) is 4.66. The first-order valence-corrected chi connectivity index (χ1v) is 9.17. The van der Waals surface area contributed by atoms with Crippen molar-refractivity contribution in [2.75, 3.05) is 6.54 Å². The van der Waals surface area contributed by atoms with E-state index in [1.807, 2.05) is 26.0 Å². The average molecular weight is 342 g/mol. The van der Waals surface area contributed by atoms with Crippen molar-refractivity contribution in [2.45, 2.75) is 20.3 Å². The summed E-state index contributed by atoms with van der Waals surface area (Å²) >= 11 is 3.19. The number of rotatable bonds is 5. The molecule has 3 nitrogen and oxygen atoms in total. The fraction of sp³-hybridized carbons (Fsp3) is 0.222. The van der Waals surface area contributed by atoms with Gasteiger partial charge in [-0.1, -0.05) is 24.3 Å². The summed E-state index contributed by atoms with van der Waals surface area (Å²) in [5.41, 5.74) is 3.37. The molecule has 0 radical (unpaired) electrons. The summed E-state index contributed by atoms with van der Waals surface area (Å²) in [6, 6.07) is 12.2. The Bertz CT molecular complexity index is 803. The van der Waals surface area contributed by atoms with Crippen LogP contribution in [0.3, 0.4) is 0 Å². The van der Waals surface area contributed by atoms with Gasteiger partial charge in [-0.15, -0.1) is 22.7 Å². The molecular formula is C18H18N2OS2. The fourth-order valence-corrected chi connectivity index (χ4v) is 3.71. The number of nitrogens with one attached hydrogen (secondary N) is 1. The Balaban J connectivity index is 1.53. The number of nitrogens with zero attached hydrogens (tertiary/aromatic N) is 1. The number of carbonyl (C=O) groups is 1. The van der Waals surface area contributed by atoms with Crippen molar-refractivity contribution in [1.82, 2.24) is 10.3 Å². The van der Waals surface area contributed by atoms with Gasteiger partial charge in [0, 0.05) is 22.4 Å². The van der Waals surface area contributed by atoms with E-state index in [-0.39, 0.29) is 5.91 Å². The van der Waals surface area contributed by atoms with Gasteiger partial charge >= 0.3 is 0 Å². The third-order valence-corrected chi connectivity index (χ3v) is 5.31. The Morgan fingerprint density at radius 1 is 1.13 bits per heavy atom. The molecule has 2 heterocycles. The van der Waals surface area contributed by atoms with Gasteiger partial charge in [-0.25, -0.2) is 4.98 Å². The van der Waals surface area contributed by atoms with Gasteiger partial charge in [0.05, 0.1) is 15.6 Å². The molecule has 118 valence electrons. The Labute approximate surface area is 144 Å². The van der Waals surface area contributed by atoms with Crippen LogP contribution in [-0.4, -0.2) is 17.4 Å². The number of benzene rings is 1. The topological polar surface area (TPSA) is 42.0 Å². The monoisotopic (exact) mass is 342 g/mol. The molecule has 0 aliphatic carbocycles. The minimum atomic E-state index is 0.0117. The summed E-state index contributed by atoms with van der Waals surface area (Å²) in [4.78, 5) is 18.4. The van der Waals surface area contributed by atoms with Gasteiger partial charge < -0.3 is 5.32 Å². The summed E-state index contributed by atoms with van der Waals surface area (Å²) in [5, 5.41) is 6.13. The zero-order valence-electron chi connectivity index (χ0n) is 13.1. The maximum Gasteiger partial charge on any atom is 0.261 e. The van der Waals surface area contributed by atoms with E-state index < -0.39 is 0 Å². The molecule has 0 bridgehead atoms. The molecule has 23 heavy (non-hydrogen) atoms. The first-order chi connectivity index (χ1) is 11.1. The van der Waals surface area contributed by atoms with Crippen LogP contribution in [0.4, 0.5) is 0 Å². The van der Waals surface area contributed by atoms with Crippen molar-refractivity contribution in [2.24, 2.45) is 0 Å². The summed E-state index contributed by atoms with van der Waals surface area (Å²) in [7, 11) is 0. The first kappa shape index (κ1) is 15.9. The predicted octanol–water partition coefficient (Wildman–Crippen LogP) is 4.46. The van der Waals surface area contributed by atoms with E-state index in [9.17, 15) is 4.79 Å². The second kappa shape index (κ2) is 7.06. The van der Waals surface area contributed by atoms with Crippen LogP contribution in [0.2, 0.25) is 0 Å². The minimum Gasteiger partial charge on any atom is -0.351 e. The van der Waals surface area contributed by atoms with Crippen molar-refractivity contribution in [3.63, 3.8) is 0 Å². The molecule has 0 aliphatic rings. The molecule has 3 aromatic rings. The van der Waals surface area contributed by atoms with Crippen LogP contribution in [0.15, 0.2) is 41.8 Å². The van der Waals surface area contributed by atoms with E-state index >= 15 is 0 Å². The second-order valence-corrected chi connectivity index (χ2v) is 7.72. The zero-order chi connectivity index (χ0) is 16.2. The molecule has 0 unspecified atom stereocenters. The van der Waals surface area contributed by atoms with E-state index in [1.54, 1.807) is 11.3 Å². The molecule has 0 saturated heterocycles. The van der Waals surface area contributed by atoms with Crippen molar-refractivity contribution < 1.29 is 4.79 Å². The van der Waals surface area contributed by atoms with E-state index in [0.29, 0.717) is 6.54 Å². The number of hydrogen-bond donors (Lipinski definition) is 1. The number of aromatic nitrogens is 1. The van der Waals surface area contributed by atoms with Crippen molar-refractivity contribution in [1.29, 1.82) is 0 Å². The van der Waals surface area contributed by atoms with Gasteiger partial charge in [0.15, 0.2) is 0 Å². The molecule has 0 aliphatic heterocycles. The molecule has 0 saturated carbocycles. The normalized spacial score (nSPS) is 10.7. The lowest BCUT2D eigenvalue weighted by Gasteiger charge is -2.05. The number of amides is 1. The molecule has 1 aromatic carbocycles. The van der Waals surface area contributed by atoms with E-state index in [2.05, 4.69) is 39.9 Å². The van der Waals surface area contributed by atoms with E-state index in [0.717, 1.165) is 32.4 Å². The van der Waals surface area contributed by atoms with Gasteiger partial charge in [-0.05, 0) is 38.0 Å². The average Bonchev–Trinajstić information content (AvgIpc) is 3.16. The third-order valence-electron chi connectivity index (χ3n) is 3.53. The van der Waals surface area contributed by atoms with Crippen molar-refractivity contribution >= 4 is 28.6 Å². The molecule has 0 spiro atoms. The van der Waals surface area contributed by atoms with Crippen LogP contribution in [0.25, 0.3) is 11.3 Å². The summed E-state index contributed by atoms with van der Waals surface area (Å²) in [6.07, 6.45) is 0.826. The highest BCUT2D eigenvalue weighted by atomic mass is 32.1. The van der Waals surface area contributed by atoms with Gasteiger partial charge in [0.1, 0.15) is 0 Å². The van der Waals surface area contributed by atoms with Gasteiger partial charge in [0.25, 0.3) is 5.91 Å². The van der Waals surface area contributed by atoms with Gasteiger partial charge in [0.2, 0.25) is 0 Å². The highest BCUT2D eigenvalue weighted by Gasteiger charge is 2.07. The SMILES string of the molecule is Cc1ccc(C(=O)NCCc2ccc(-c3csc(C)n3)cc2)s1. The third kappa shape index (κ3) is 4.06. The standard InChI is InChI=1S/C18H18N2OS2/c1-12-3-8-17(23-12)18(21)19-10-9-14-4-6-15(7-5-14)16-11-22-13(2)20-16/h3-8,11H,9-10H2,1-2H3,(H,19,21). The number of thiophene rings is 1. The maximum atomic E-state index is 12.0. The zero-order valence-corrected chi connectivity index (χ0v) is 14.8. The summed E-state index contributed by atoms with van der Waals surface area (Å²) in [5.74, 6) is 0.0117. The predicted molar refractivity (Wildman–Crippen MR) is 97.4 cm³/mol.